The molecule has 0 aliphatic carbocycles. The van der Waals surface area contributed by atoms with E-state index in [4.69, 9.17) is 14.6 Å². The second-order valence-corrected chi connectivity index (χ2v) is 4.49. The lowest BCUT2D eigenvalue weighted by molar-refractivity contribution is -0.139. The van der Waals surface area contributed by atoms with Gasteiger partial charge >= 0.3 is 5.97 Å². The normalized spacial score (nSPS) is 10.4. The number of para-hydroxylation sites is 1. The van der Waals surface area contributed by atoms with Crippen LogP contribution in [0.5, 0.6) is 11.5 Å². The first-order valence-electron chi connectivity index (χ1n) is 7.13. The van der Waals surface area contributed by atoms with Crippen molar-refractivity contribution in [1.29, 1.82) is 0 Å². The molecule has 0 atom stereocenters. The number of carboxylic acids is 1. The summed E-state index contributed by atoms with van der Waals surface area (Å²) in [5.41, 5.74) is 0.895. The van der Waals surface area contributed by atoms with E-state index in [0.717, 1.165) is 25.1 Å². The van der Waals surface area contributed by atoms with Crippen molar-refractivity contribution in [1.82, 2.24) is 10.6 Å². The van der Waals surface area contributed by atoms with E-state index >= 15 is 0 Å². The number of aliphatic carboxylic acids is 1. The van der Waals surface area contributed by atoms with Crippen LogP contribution in [0.1, 0.15) is 18.9 Å². The lowest BCUT2D eigenvalue weighted by Crippen LogP contribution is -2.20. The largest absolute Gasteiger partial charge is 0.490 e. The maximum Gasteiger partial charge on any atom is 0.341 e. The average molecular weight is 296 g/mol. The number of carboxylic acid groups (broad SMARTS) is 1. The van der Waals surface area contributed by atoms with Gasteiger partial charge in [0.2, 0.25) is 0 Å². The summed E-state index contributed by atoms with van der Waals surface area (Å²) in [6, 6.07) is 5.57. The Labute approximate surface area is 125 Å². The molecule has 6 heteroatoms. The van der Waals surface area contributed by atoms with Gasteiger partial charge in [-0.1, -0.05) is 12.1 Å². The number of benzene rings is 1. The van der Waals surface area contributed by atoms with Gasteiger partial charge in [0.25, 0.3) is 0 Å². The van der Waals surface area contributed by atoms with E-state index in [9.17, 15) is 4.79 Å². The van der Waals surface area contributed by atoms with Crippen LogP contribution in [0.2, 0.25) is 0 Å². The van der Waals surface area contributed by atoms with Crippen LogP contribution in [0.25, 0.3) is 0 Å². The first kappa shape index (κ1) is 17.3. The summed E-state index contributed by atoms with van der Waals surface area (Å²) in [7, 11) is 1.92. The molecule has 118 valence electrons. The van der Waals surface area contributed by atoms with Crippen molar-refractivity contribution in [2.45, 2.75) is 19.9 Å². The van der Waals surface area contributed by atoms with Crippen molar-refractivity contribution in [3.05, 3.63) is 23.8 Å². The molecule has 0 aliphatic rings. The lowest BCUT2D eigenvalue weighted by atomic mass is 10.2. The van der Waals surface area contributed by atoms with Gasteiger partial charge in [0.1, 0.15) is 0 Å². The molecule has 21 heavy (non-hydrogen) atoms. The molecule has 0 fully saturated rings. The molecule has 0 bridgehead atoms. The fraction of sp³-hybridized carbons (Fsp3) is 0.533. The Kier molecular flexibility index (Phi) is 8.23. The summed E-state index contributed by atoms with van der Waals surface area (Å²) >= 11 is 0. The Morgan fingerprint density at radius 2 is 2.10 bits per heavy atom. The minimum atomic E-state index is -1.01. The summed E-state index contributed by atoms with van der Waals surface area (Å²) in [6.45, 7) is 4.44. The van der Waals surface area contributed by atoms with Crippen LogP contribution >= 0.6 is 0 Å². The lowest BCUT2D eigenvalue weighted by Gasteiger charge is -2.15. The zero-order chi connectivity index (χ0) is 15.5. The third kappa shape index (κ3) is 6.46. The van der Waals surface area contributed by atoms with Gasteiger partial charge in [-0.3, -0.25) is 0 Å². The van der Waals surface area contributed by atoms with Gasteiger partial charge in [-0.25, -0.2) is 4.79 Å². The highest BCUT2D eigenvalue weighted by atomic mass is 16.5. The molecule has 0 heterocycles. The average Bonchev–Trinajstić information content (AvgIpc) is 2.46. The quantitative estimate of drug-likeness (QED) is 0.533. The first-order valence-corrected chi connectivity index (χ1v) is 7.13. The second-order valence-electron chi connectivity index (χ2n) is 4.49. The maximum atomic E-state index is 10.7. The van der Waals surface area contributed by atoms with Crippen molar-refractivity contribution in [3.8, 4) is 11.5 Å². The van der Waals surface area contributed by atoms with Crippen LogP contribution in [-0.2, 0) is 11.3 Å². The Hall–Kier alpha value is -1.79. The summed E-state index contributed by atoms with van der Waals surface area (Å²) in [6.07, 6.45) is 1.02. The highest BCUT2D eigenvalue weighted by molar-refractivity contribution is 5.68. The van der Waals surface area contributed by atoms with E-state index in [1.807, 2.05) is 26.1 Å². The predicted molar refractivity (Wildman–Crippen MR) is 81.0 cm³/mol. The third-order valence-corrected chi connectivity index (χ3v) is 2.80. The van der Waals surface area contributed by atoms with Crippen molar-refractivity contribution < 1.29 is 19.4 Å². The topological polar surface area (TPSA) is 79.8 Å². The van der Waals surface area contributed by atoms with Crippen LogP contribution in [0.15, 0.2) is 18.2 Å². The maximum absolute atomic E-state index is 10.7. The van der Waals surface area contributed by atoms with Crippen molar-refractivity contribution in [2.24, 2.45) is 0 Å². The molecular formula is C15H24N2O4. The van der Waals surface area contributed by atoms with Crippen molar-refractivity contribution >= 4 is 5.97 Å². The van der Waals surface area contributed by atoms with Crippen LogP contribution in [-0.4, -0.2) is 44.4 Å². The monoisotopic (exact) mass is 296 g/mol. The minimum Gasteiger partial charge on any atom is -0.490 e. The van der Waals surface area contributed by atoms with Gasteiger partial charge in [-0.2, -0.15) is 0 Å². The van der Waals surface area contributed by atoms with Crippen LogP contribution in [0.3, 0.4) is 0 Å². The van der Waals surface area contributed by atoms with E-state index < -0.39 is 5.97 Å². The molecule has 0 spiro atoms. The van der Waals surface area contributed by atoms with Gasteiger partial charge in [0, 0.05) is 12.1 Å². The van der Waals surface area contributed by atoms with E-state index in [1.165, 1.54) is 0 Å². The number of ether oxygens (including phenoxy) is 2. The summed E-state index contributed by atoms with van der Waals surface area (Å²) < 4.78 is 10.9. The highest BCUT2D eigenvalue weighted by Crippen LogP contribution is 2.31. The van der Waals surface area contributed by atoms with E-state index in [2.05, 4.69) is 10.6 Å². The Morgan fingerprint density at radius 1 is 1.29 bits per heavy atom. The molecule has 6 nitrogen and oxygen atoms in total. The molecule has 3 N–H and O–H groups in total. The van der Waals surface area contributed by atoms with Gasteiger partial charge < -0.3 is 25.2 Å². The minimum absolute atomic E-state index is 0.378. The van der Waals surface area contributed by atoms with E-state index in [0.29, 0.717) is 24.7 Å². The zero-order valence-corrected chi connectivity index (χ0v) is 12.6. The number of hydrogen-bond acceptors (Lipinski definition) is 5. The van der Waals surface area contributed by atoms with Gasteiger partial charge in [0.05, 0.1) is 6.61 Å². The number of hydrogen-bond donors (Lipinski definition) is 3. The SMILES string of the molecule is CCOc1cccc(CNCCCNC)c1OCC(=O)O. The molecule has 1 aromatic rings. The molecule has 1 aromatic carbocycles. The molecule has 0 unspecified atom stereocenters. The van der Waals surface area contributed by atoms with Crippen LogP contribution < -0.4 is 20.1 Å². The smallest absolute Gasteiger partial charge is 0.341 e. The fourth-order valence-electron chi connectivity index (χ4n) is 1.88. The Bertz CT molecular complexity index is 438. The Morgan fingerprint density at radius 3 is 2.76 bits per heavy atom. The fourth-order valence-corrected chi connectivity index (χ4v) is 1.88. The number of carbonyl (C=O) groups is 1. The summed E-state index contributed by atoms with van der Waals surface area (Å²) in [5.74, 6) is 0.0744. The Balaban J connectivity index is 2.70. The molecule has 0 aliphatic heterocycles. The summed E-state index contributed by atoms with van der Waals surface area (Å²) in [4.78, 5) is 10.7. The van der Waals surface area contributed by atoms with Gasteiger partial charge in [-0.05, 0) is 39.5 Å². The highest BCUT2D eigenvalue weighted by Gasteiger charge is 2.12. The summed E-state index contributed by atoms with van der Waals surface area (Å²) in [5, 5.41) is 15.2. The third-order valence-electron chi connectivity index (χ3n) is 2.80. The molecular weight excluding hydrogens is 272 g/mol. The van der Waals surface area contributed by atoms with E-state index in [1.54, 1.807) is 6.07 Å². The van der Waals surface area contributed by atoms with Crippen LogP contribution in [0.4, 0.5) is 0 Å². The molecule has 1 rings (SSSR count). The molecule has 0 saturated heterocycles. The molecule has 0 amide bonds. The standard InChI is InChI=1S/C15H24N2O4/c1-3-20-13-7-4-6-12(10-17-9-5-8-16-2)15(13)21-11-14(18)19/h4,6-7,16-17H,3,5,8-11H2,1-2H3,(H,18,19). The van der Waals surface area contributed by atoms with E-state index in [-0.39, 0.29) is 6.61 Å². The molecule has 0 saturated carbocycles. The zero-order valence-electron chi connectivity index (χ0n) is 12.6. The van der Waals surface area contributed by atoms with Crippen molar-refractivity contribution in [2.75, 3.05) is 33.4 Å². The van der Waals surface area contributed by atoms with Crippen molar-refractivity contribution in [3.63, 3.8) is 0 Å². The number of rotatable bonds is 11. The van der Waals surface area contributed by atoms with Gasteiger partial charge in [0.15, 0.2) is 18.1 Å². The molecule has 0 radical (unpaired) electrons. The molecule has 0 aromatic heterocycles. The number of nitrogens with one attached hydrogen (secondary N) is 2. The first-order chi connectivity index (χ1) is 10.2. The van der Waals surface area contributed by atoms with Crippen LogP contribution in [0, 0.1) is 0 Å². The van der Waals surface area contributed by atoms with Gasteiger partial charge in [-0.15, -0.1) is 0 Å². The predicted octanol–water partition coefficient (Wildman–Crippen LogP) is 1.25. The second kappa shape index (κ2) is 10.0.